The van der Waals surface area contributed by atoms with E-state index in [0.717, 1.165) is 38.6 Å². The molecule has 186 valence electrons. The quantitative estimate of drug-likeness (QED) is 0.275. The summed E-state index contributed by atoms with van der Waals surface area (Å²) in [6.07, 6.45) is 4.43. The number of hydrogen-bond acceptors (Lipinski definition) is 5. The Hall–Kier alpha value is -1.01. The van der Waals surface area contributed by atoms with Crippen LogP contribution in [0.1, 0.15) is 102 Å². The molecule has 0 fully saturated rings. The van der Waals surface area contributed by atoms with E-state index in [4.69, 9.17) is 0 Å². The summed E-state index contributed by atoms with van der Waals surface area (Å²) < 4.78 is 0. The molecule has 5 unspecified atom stereocenters. The maximum absolute atomic E-state index is 13.3. The number of hydrogen-bond donors (Lipinski definition) is 1. The molecule has 5 atom stereocenters. The fraction of sp³-hybridized carbons (Fsp3) is 0.885. The fourth-order valence-corrected chi connectivity index (χ4v) is 4.52. The normalized spacial score (nSPS) is 18.9. The van der Waals surface area contributed by atoms with Crippen LogP contribution in [0.25, 0.3) is 0 Å². The van der Waals surface area contributed by atoms with E-state index in [1.54, 1.807) is 6.92 Å². The molecule has 0 aromatic rings. The number of ketones is 1. The minimum absolute atomic E-state index is 0.0121. The molecule has 5 nitrogen and oxygen atoms in total. The summed E-state index contributed by atoms with van der Waals surface area (Å²) >= 11 is 0. The summed E-state index contributed by atoms with van der Waals surface area (Å²) in [5.74, 6) is 0.991. The summed E-state index contributed by atoms with van der Waals surface area (Å²) in [5, 5.41) is 3.23. The summed E-state index contributed by atoms with van der Waals surface area (Å²) in [7, 11) is 0.197. The van der Waals surface area contributed by atoms with Crippen LogP contribution in [0.2, 0.25) is 0 Å². The van der Waals surface area contributed by atoms with Gasteiger partial charge in [0.2, 0.25) is 0 Å². The van der Waals surface area contributed by atoms with Crippen LogP contribution in [-0.4, -0.2) is 54.2 Å². The zero-order valence-corrected chi connectivity index (χ0v) is 22.9. The van der Waals surface area contributed by atoms with E-state index in [9.17, 15) is 14.4 Å². The average molecular weight is 451 g/mol. The van der Waals surface area contributed by atoms with Crippen molar-refractivity contribution in [1.29, 1.82) is 0 Å². The minimum Gasteiger partial charge on any atom is -0.341 e. The number of carbonyl (C=O) groups excluding carboxylic acids is 3. The number of nitrogens with one attached hydrogen (secondary N) is 1. The third-order valence-corrected chi connectivity index (χ3v) is 7.76. The van der Waals surface area contributed by atoms with E-state index in [2.05, 4.69) is 58.6 Å². The van der Waals surface area contributed by atoms with Crippen LogP contribution in [0.3, 0.4) is 0 Å². The highest BCUT2D eigenvalue weighted by atomic mass is 16.1. The van der Waals surface area contributed by atoms with Gasteiger partial charge in [-0.3, -0.25) is 9.69 Å². The molecule has 0 radical (unpaired) electrons. The summed E-state index contributed by atoms with van der Waals surface area (Å²) in [6, 6.07) is 0. The van der Waals surface area contributed by atoms with Crippen LogP contribution in [0.4, 0.5) is 0 Å². The van der Waals surface area contributed by atoms with Gasteiger partial charge < -0.3 is 14.8 Å². The lowest BCUT2D eigenvalue weighted by molar-refractivity contribution is -0.123. The second kappa shape index (κ2) is 13.0. The zero-order chi connectivity index (χ0) is 25.3. The van der Waals surface area contributed by atoms with Gasteiger partial charge in [-0.2, -0.15) is 0 Å². The molecule has 0 amide bonds. The highest BCUT2D eigenvalue weighted by Crippen LogP contribution is 2.32. The Kier molecular flexibility index (Phi) is 12.6. The first-order chi connectivity index (χ1) is 14.6. The molecule has 0 heterocycles. The van der Waals surface area contributed by atoms with E-state index in [1.807, 2.05) is 20.8 Å². The smallest absolute Gasteiger partial charge is 0.286 e. The lowest BCUT2D eigenvalue weighted by Crippen LogP contribution is -2.60. The van der Waals surface area contributed by atoms with Crippen molar-refractivity contribution in [3.63, 3.8) is 0 Å². The maximum atomic E-state index is 13.3. The fourth-order valence-electron chi connectivity index (χ4n) is 4.52. The van der Waals surface area contributed by atoms with Crippen LogP contribution in [0, 0.1) is 23.2 Å². The molecule has 0 aromatic carbocycles. The second-order valence-electron chi connectivity index (χ2n) is 11.5. The topological polar surface area (TPSA) is 66.5 Å². The first kappa shape index (κ1) is 31.0. The van der Waals surface area contributed by atoms with Gasteiger partial charge in [-0.25, -0.2) is 0 Å². The molecular formula is C26H51BN2O3. The monoisotopic (exact) mass is 450 g/mol. The van der Waals surface area contributed by atoms with Gasteiger partial charge in [0.15, 0.2) is 0 Å². The average Bonchev–Trinajstić information content (AvgIpc) is 2.71. The molecule has 0 saturated heterocycles. The highest BCUT2D eigenvalue weighted by Gasteiger charge is 2.39. The second-order valence-corrected chi connectivity index (χ2v) is 11.5. The van der Waals surface area contributed by atoms with E-state index in [0.29, 0.717) is 18.3 Å². The van der Waals surface area contributed by atoms with Gasteiger partial charge in [-0.15, -0.1) is 0 Å². The van der Waals surface area contributed by atoms with Crippen molar-refractivity contribution in [1.82, 2.24) is 10.1 Å². The number of nitrogens with zero attached hydrogens (tertiary/aromatic N) is 1. The van der Waals surface area contributed by atoms with Crippen LogP contribution in [-0.2, 0) is 14.4 Å². The van der Waals surface area contributed by atoms with Gasteiger partial charge in [-0.1, -0.05) is 55.4 Å². The largest absolute Gasteiger partial charge is 0.341 e. The molecule has 32 heavy (non-hydrogen) atoms. The van der Waals surface area contributed by atoms with Crippen molar-refractivity contribution in [2.24, 2.45) is 23.2 Å². The van der Waals surface area contributed by atoms with E-state index < -0.39 is 11.1 Å². The van der Waals surface area contributed by atoms with Crippen LogP contribution in [0.5, 0.6) is 0 Å². The van der Waals surface area contributed by atoms with Gasteiger partial charge in [-0.05, 0) is 70.3 Å². The van der Waals surface area contributed by atoms with Crippen molar-refractivity contribution >= 4 is 25.2 Å². The molecule has 0 aliphatic rings. The summed E-state index contributed by atoms with van der Waals surface area (Å²) in [5.41, 5.74) is -1.10. The Morgan fingerprint density at radius 1 is 0.969 bits per heavy atom. The number of Topliss-reactive ketones (excluding diaryl/α,β-unsaturated/α-hetero) is 1. The first-order valence-electron chi connectivity index (χ1n) is 12.6. The molecule has 0 aliphatic carbocycles. The van der Waals surface area contributed by atoms with Crippen molar-refractivity contribution < 1.29 is 14.4 Å². The van der Waals surface area contributed by atoms with Crippen LogP contribution < -0.4 is 5.23 Å². The standard InChI is InChI=1S/C26H51BN2O3/c1-12-25(10,21(6)31)28-27-23(32)26(11,13-2)29(14-3)17-20(5)15-19(4)16-22(18-30)24(7,8)9/h18-20,22,27-28H,12-17H2,1-11H3. The predicted molar refractivity (Wildman–Crippen MR) is 137 cm³/mol. The number of carbonyl (C=O) groups is 3. The van der Waals surface area contributed by atoms with Gasteiger partial charge in [0.1, 0.15) is 17.8 Å². The third kappa shape index (κ3) is 8.74. The maximum Gasteiger partial charge on any atom is 0.286 e. The molecule has 0 aromatic heterocycles. The summed E-state index contributed by atoms with van der Waals surface area (Å²) in [6.45, 7) is 24.1. The lowest BCUT2D eigenvalue weighted by Gasteiger charge is -2.41. The van der Waals surface area contributed by atoms with Crippen LogP contribution in [0.15, 0.2) is 0 Å². The minimum atomic E-state index is -0.660. The van der Waals surface area contributed by atoms with Gasteiger partial charge in [0.25, 0.3) is 7.41 Å². The molecule has 0 saturated carbocycles. The highest BCUT2D eigenvalue weighted by molar-refractivity contribution is 6.74. The molecule has 0 spiro atoms. The molecule has 0 aliphatic heterocycles. The van der Waals surface area contributed by atoms with Gasteiger partial charge >= 0.3 is 0 Å². The Morgan fingerprint density at radius 2 is 1.53 bits per heavy atom. The molecule has 1 N–H and O–H groups in total. The Bertz CT molecular complexity index is 619. The lowest BCUT2D eigenvalue weighted by atomic mass is 9.70. The molecular weight excluding hydrogens is 399 g/mol. The Labute approximate surface area is 199 Å². The molecule has 6 heteroatoms. The van der Waals surface area contributed by atoms with Gasteiger partial charge in [0, 0.05) is 12.5 Å². The Morgan fingerprint density at radius 3 is 1.91 bits per heavy atom. The Balaban J connectivity index is 5.20. The first-order valence-corrected chi connectivity index (χ1v) is 12.6. The zero-order valence-electron chi connectivity index (χ0n) is 22.9. The summed E-state index contributed by atoms with van der Waals surface area (Å²) in [4.78, 5) is 39.2. The van der Waals surface area contributed by atoms with E-state index >= 15 is 0 Å². The number of likely N-dealkylation sites (N-methyl/N-ethyl adjacent to an activating group) is 1. The molecule has 0 rings (SSSR count). The van der Waals surface area contributed by atoms with Crippen molar-refractivity contribution in [3.05, 3.63) is 0 Å². The van der Waals surface area contributed by atoms with Crippen molar-refractivity contribution in [2.45, 2.75) is 113 Å². The van der Waals surface area contributed by atoms with E-state index in [-0.39, 0.29) is 30.2 Å². The van der Waals surface area contributed by atoms with E-state index in [1.165, 1.54) is 0 Å². The van der Waals surface area contributed by atoms with Gasteiger partial charge in [0.05, 0.1) is 11.1 Å². The SMILES string of the molecule is CCN(CC(C)CC(C)CC(C=O)C(C)(C)C)C(C)(CC)C(=O)BNC(C)(CC)C(C)=O. The predicted octanol–water partition coefficient (Wildman–Crippen LogP) is 4.62. The van der Waals surface area contributed by atoms with Crippen molar-refractivity contribution in [2.75, 3.05) is 13.1 Å². The van der Waals surface area contributed by atoms with Crippen LogP contribution >= 0.6 is 0 Å². The third-order valence-electron chi connectivity index (χ3n) is 7.76. The number of aldehydes is 1. The molecule has 0 bridgehead atoms. The number of rotatable bonds is 16. The van der Waals surface area contributed by atoms with Crippen molar-refractivity contribution in [3.8, 4) is 0 Å².